The summed E-state index contributed by atoms with van der Waals surface area (Å²) in [4.78, 5) is 59.4. The molecule has 13 heteroatoms. The van der Waals surface area contributed by atoms with Gasteiger partial charge in [-0.3, -0.25) is 9.59 Å². The van der Waals surface area contributed by atoms with Gasteiger partial charge in [0, 0.05) is 35.2 Å². The zero-order valence-corrected chi connectivity index (χ0v) is 34.9. The molecule has 0 radical (unpaired) electrons. The first kappa shape index (κ1) is 40.2. The van der Waals surface area contributed by atoms with Gasteiger partial charge in [0.1, 0.15) is 28.0 Å². The summed E-state index contributed by atoms with van der Waals surface area (Å²) in [5, 5.41) is 3.31. The molecule has 6 rings (SSSR count). The van der Waals surface area contributed by atoms with Crippen LogP contribution in [0.4, 0.5) is 4.79 Å². The van der Waals surface area contributed by atoms with Crippen molar-refractivity contribution in [2.75, 3.05) is 13.7 Å². The summed E-state index contributed by atoms with van der Waals surface area (Å²) in [6.45, 7) is 13.0. The Kier molecular flexibility index (Phi) is 12.6. The number of nitrogens with one attached hydrogen (secondary N) is 3. The first-order chi connectivity index (χ1) is 26.2. The number of aromatic amines is 2. The van der Waals surface area contributed by atoms with Crippen molar-refractivity contribution in [1.29, 1.82) is 0 Å². The molecule has 55 heavy (non-hydrogen) atoms. The fraction of sp³-hybridized carbons (Fsp3) is 0.452. The lowest BCUT2D eigenvalue weighted by molar-refractivity contribution is -0.135. The molecule has 292 valence electrons. The first-order valence-corrected chi connectivity index (χ1v) is 20.2. The number of likely N-dealkylation sites (tertiary alicyclic amines) is 1. The van der Waals surface area contributed by atoms with Crippen molar-refractivity contribution < 1.29 is 19.1 Å². The third kappa shape index (κ3) is 9.35. The normalized spacial score (nSPS) is 18.9. The highest BCUT2D eigenvalue weighted by molar-refractivity contribution is 9.10. The predicted molar refractivity (Wildman–Crippen MR) is 220 cm³/mol. The van der Waals surface area contributed by atoms with E-state index in [-0.39, 0.29) is 29.8 Å². The zero-order valence-electron chi connectivity index (χ0n) is 32.6. The van der Waals surface area contributed by atoms with Crippen molar-refractivity contribution in [1.82, 2.24) is 35.1 Å². The zero-order chi connectivity index (χ0) is 39.6. The fourth-order valence-electron chi connectivity index (χ4n) is 7.34. The number of amides is 3. The standard InChI is InChI=1S/C42H51BrClN7O4/c1-23(2)19-35(52)51(33-20-25(33)5)22-34-46-38(39(43)47-34)30-16-12-28(13-17-30)27-10-14-29(15-11-27)37-31(21-26(6)44)45-40(48-37)32-9-8-18-50(32)41(53)36(24(3)4)49-42(54)55-7/h10-17,21,23-25,32-33,36H,8-9,18-20,22H2,1-7H3,(H,45,48)(H,46,47)(H,49,54)/b26-21+. The van der Waals surface area contributed by atoms with Gasteiger partial charge in [0.15, 0.2) is 0 Å². The van der Waals surface area contributed by atoms with Gasteiger partial charge in [-0.05, 0) is 77.1 Å². The highest BCUT2D eigenvalue weighted by Gasteiger charge is 2.41. The van der Waals surface area contributed by atoms with E-state index in [9.17, 15) is 14.4 Å². The quantitative estimate of drug-likeness (QED) is 0.123. The number of carbonyl (C=O) groups excluding carboxylic acids is 3. The lowest BCUT2D eigenvalue weighted by Crippen LogP contribution is -2.51. The number of hydrogen-bond donors (Lipinski definition) is 3. The molecule has 0 bridgehead atoms. The summed E-state index contributed by atoms with van der Waals surface area (Å²) in [7, 11) is 1.29. The lowest BCUT2D eigenvalue weighted by Gasteiger charge is -2.30. The second-order valence-corrected chi connectivity index (χ2v) is 17.0. The Labute approximate surface area is 336 Å². The number of carbonyl (C=O) groups is 3. The van der Waals surface area contributed by atoms with E-state index in [4.69, 9.17) is 26.3 Å². The summed E-state index contributed by atoms with van der Waals surface area (Å²) < 4.78 is 5.58. The minimum atomic E-state index is -0.718. The predicted octanol–water partition coefficient (Wildman–Crippen LogP) is 9.32. The summed E-state index contributed by atoms with van der Waals surface area (Å²) in [6, 6.07) is 15.8. The van der Waals surface area contributed by atoms with Crippen LogP contribution in [0.1, 0.15) is 90.6 Å². The molecule has 11 nitrogen and oxygen atoms in total. The molecule has 4 unspecified atom stereocenters. The van der Waals surface area contributed by atoms with Crippen LogP contribution in [0.5, 0.6) is 0 Å². The van der Waals surface area contributed by atoms with Crippen molar-refractivity contribution >= 4 is 51.5 Å². The van der Waals surface area contributed by atoms with Gasteiger partial charge >= 0.3 is 6.09 Å². The van der Waals surface area contributed by atoms with Crippen LogP contribution in [0.3, 0.4) is 0 Å². The molecule has 4 aromatic rings. The average molecular weight is 833 g/mol. The number of ether oxygens (including phenoxy) is 1. The fourth-order valence-corrected chi connectivity index (χ4v) is 8.00. The molecule has 1 saturated heterocycles. The van der Waals surface area contributed by atoms with Crippen LogP contribution < -0.4 is 5.32 Å². The first-order valence-electron chi connectivity index (χ1n) is 19.1. The third-order valence-electron chi connectivity index (χ3n) is 10.4. The molecule has 4 atom stereocenters. The Bertz CT molecular complexity index is 2030. The highest BCUT2D eigenvalue weighted by atomic mass is 79.9. The van der Waals surface area contributed by atoms with Crippen LogP contribution in [0.2, 0.25) is 0 Å². The van der Waals surface area contributed by atoms with E-state index in [1.165, 1.54) is 7.11 Å². The number of alkyl carbamates (subject to hydrolysis) is 1. The summed E-state index contributed by atoms with van der Waals surface area (Å²) >= 11 is 10.0. The molecule has 3 N–H and O–H groups in total. The van der Waals surface area contributed by atoms with Crippen LogP contribution in [-0.2, 0) is 20.9 Å². The van der Waals surface area contributed by atoms with Gasteiger partial charge in [-0.2, -0.15) is 0 Å². The number of hydrogen-bond acceptors (Lipinski definition) is 6. The van der Waals surface area contributed by atoms with E-state index >= 15 is 0 Å². The molecule has 0 spiro atoms. The maximum Gasteiger partial charge on any atom is 0.407 e. The SMILES string of the molecule is COC(=O)NC(C(=O)N1CCCC1c1nc(-c2ccc(-c3ccc(-c4nc(CN(C(=O)CC(C)C)C5CC5C)[nH]c4Br)cc3)cc2)c(/C=C(\C)Cl)[nH]1)C(C)C. The van der Waals surface area contributed by atoms with Gasteiger partial charge < -0.3 is 29.8 Å². The number of methoxy groups -OCH3 is 1. The Hall–Kier alpha value is -4.42. The molecule has 2 fully saturated rings. The number of rotatable bonds is 13. The molecule has 1 saturated carbocycles. The molecule has 2 aliphatic rings. The van der Waals surface area contributed by atoms with Crippen molar-refractivity contribution in [2.45, 2.75) is 91.9 Å². The summed E-state index contributed by atoms with van der Waals surface area (Å²) in [5.41, 5.74) is 6.27. The number of imidazole rings is 2. The van der Waals surface area contributed by atoms with E-state index in [1.807, 2.05) is 43.9 Å². The van der Waals surface area contributed by atoms with Gasteiger partial charge in [0.2, 0.25) is 11.8 Å². The van der Waals surface area contributed by atoms with E-state index in [2.05, 4.69) is 88.4 Å². The second-order valence-electron chi connectivity index (χ2n) is 15.6. The Morgan fingerprint density at radius 1 is 1.00 bits per heavy atom. The van der Waals surface area contributed by atoms with Crippen molar-refractivity contribution in [2.24, 2.45) is 17.8 Å². The Balaban J connectivity index is 1.19. The molecule has 3 heterocycles. The van der Waals surface area contributed by atoms with Crippen LogP contribution in [0, 0.1) is 17.8 Å². The molecule has 1 aliphatic carbocycles. The van der Waals surface area contributed by atoms with Gasteiger partial charge in [-0.1, -0.05) is 94.8 Å². The van der Waals surface area contributed by atoms with Gasteiger partial charge in [0.25, 0.3) is 0 Å². The Morgan fingerprint density at radius 2 is 1.60 bits per heavy atom. The number of halogens is 2. The van der Waals surface area contributed by atoms with Crippen molar-refractivity contribution in [3.63, 3.8) is 0 Å². The van der Waals surface area contributed by atoms with E-state index < -0.39 is 12.1 Å². The van der Waals surface area contributed by atoms with Gasteiger partial charge in [-0.15, -0.1) is 0 Å². The molecule has 1 aliphatic heterocycles. The summed E-state index contributed by atoms with van der Waals surface area (Å²) in [5.74, 6) is 2.16. The minimum absolute atomic E-state index is 0.128. The van der Waals surface area contributed by atoms with Gasteiger partial charge in [0.05, 0.1) is 31.1 Å². The average Bonchev–Trinajstić information content (AvgIpc) is 3.48. The minimum Gasteiger partial charge on any atom is -0.453 e. The highest BCUT2D eigenvalue weighted by Crippen LogP contribution is 2.38. The Morgan fingerprint density at radius 3 is 2.15 bits per heavy atom. The maximum absolute atomic E-state index is 13.7. The lowest BCUT2D eigenvalue weighted by atomic mass is 10.0. The molecule has 3 amide bonds. The molecule has 2 aromatic carbocycles. The topological polar surface area (TPSA) is 136 Å². The van der Waals surface area contributed by atoms with E-state index in [0.29, 0.717) is 42.2 Å². The third-order valence-corrected chi connectivity index (χ3v) is 11.1. The van der Waals surface area contributed by atoms with Crippen LogP contribution >= 0.6 is 27.5 Å². The van der Waals surface area contributed by atoms with Gasteiger partial charge in [-0.25, -0.2) is 14.8 Å². The van der Waals surface area contributed by atoms with Crippen molar-refractivity contribution in [3.05, 3.63) is 75.5 Å². The largest absolute Gasteiger partial charge is 0.453 e. The number of nitrogens with zero attached hydrogens (tertiary/aromatic N) is 4. The number of H-pyrrole nitrogens is 2. The smallest absolute Gasteiger partial charge is 0.407 e. The number of allylic oxidation sites excluding steroid dienone is 1. The molecular formula is C42H51BrClN7O4. The molecule has 2 aromatic heterocycles. The monoisotopic (exact) mass is 831 g/mol. The van der Waals surface area contributed by atoms with Crippen LogP contribution in [-0.4, -0.2) is 73.4 Å². The van der Waals surface area contributed by atoms with Crippen LogP contribution in [0.15, 0.2) is 58.2 Å². The van der Waals surface area contributed by atoms with Crippen LogP contribution in [0.25, 0.3) is 39.7 Å². The van der Waals surface area contributed by atoms with E-state index in [1.54, 1.807) is 4.90 Å². The molecular weight excluding hydrogens is 782 g/mol. The number of benzene rings is 2. The van der Waals surface area contributed by atoms with E-state index in [0.717, 1.165) is 69.0 Å². The summed E-state index contributed by atoms with van der Waals surface area (Å²) in [6.07, 6.45) is 4.35. The van der Waals surface area contributed by atoms with Crippen molar-refractivity contribution in [3.8, 4) is 33.6 Å². The number of aromatic nitrogens is 4. The second kappa shape index (κ2) is 17.2. The maximum atomic E-state index is 13.7.